The molecule has 0 spiro atoms. The topological polar surface area (TPSA) is 62.2 Å². The third kappa shape index (κ3) is 3.10. The zero-order chi connectivity index (χ0) is 13.7. The van der Waals surface area contributed by atoms with Crippen molar-refractivity contribution in [2.24, 2.45) is 0 Å². The van der Waals surface area contributed by atoms with E-state index in [4.69, 9.17) is 5.11 Å². The number of nitrogens with zero attached hydrogens (tertiary/aromatic N) is 1. The van der Waals surface area contributed by atoms with Crippen molar-refractivity contribution in [1.82, 2.24) is 4.98 Å². The van der Waals surface area contributed by atoms with Gasteiger partial charge in [-0.05, 0) is 24.1 Å². The maximum absolute atomic E-state index is 11.1. The van der Waals surface area contributed by atoms with E-state index in [2.05, 4.69) is 10.3 Å². The second kappa shape index (κ2) is 6.00. The largest absolute Gasteiger partial charge is 0.478 e. The Morgan fingerprint density at radius 3 is 2.63 bits per heavy atom. The van der Waals surface area contributed by atoms with Gasteiger partial charge in [0.15, 0.2) is 0 Å². The predicted molar refractivity (Wildman–Crippen MR) is 74.3 cm³/mol. The van der Waals surface area contributed by atoms with Crippen LogP contribution in [0, 0.1) is 0 Å². The molecule has 0 bridgehead atoms. The van der Waals surface area contributed by atoms with E-state index < -0.39 is 5.97 Å². The molecular weight excluding hydrogens is 240 g/mol. The Bertz CT molecular complexity index is 555. The van der Waals surface area contributed by atoms with Crippen molar-refractivity contribution >= 4 is 11.8 Å². The summed E-state index contributed by atoms with van der Waals surface area (Å²) in [5.74, 6) is -0.566. The minimum atomic E-state index is -0.974. The highest BCUT2D eigenvalue weighted by atomic mass is 16.4. The van der Waals surface area contributed by atoms with E-state index in [-0.39, 0.29) is 11.6 Å². The van der Waals surface area contributed by atoms with E-state index in [1.54, 1.807) is 18.3 Å². The molecule has 19 heavy (non-hydrogen) atoms. The van der Waals surface area contributed by atoms with Gasteiger partial charge in [-0.3, -0.25) is 0 Å². The van der Waals surface area contributed by atoms with Gasteiger partial charge in [-0.1, -0.05) is 37.3 Å². The van der Waals surface area contributed by atoms with Gasteiger partial charge in [-0.15, -0.1) is 0 Å². The summed E-state index contributed by atoms with van der Waals surface area (Å²) in [6, 6.07) is 13.2. The first-order chi connectivity index (χ1) is 9.22. The lowest BCUT2D eigenvalue weighted by Gasteiger charge is -2.19. The van der Waals surface area contributed by atoms with Crippen LogP contribution >= 0.6 is 0 Å². The van der Waals surface area contributed by atoms with Gasteiger partial charge in [-0.2, -0.15) is 0 Å². The fourth-order valence-corrected chi connectivity index (χ4v) is 1.96. The van der Waals surface area contributed by atoms with E-state index in [1.807, 2.05) is 37.3 Å². The second-order valence-electron chi connectivity index (χ2n) is 4.22. The minimum absolute atomic E-state index is 0.0502. The number of aromatic nitrogens is 1. The number of hydrogen-bond acceptors (Lipinski definition) is 3. The Morgan fingerprint density at radius 1 is 1.26 bits per heavy atom. The number of carbonyl (C=O) groups is 1. The summed E-state index contributed by atoms with van der Waals surface area (Å²) in [5.41, 5.74) is 1.31. The lowest BCUT2D eigenvalue weighted by molar-refractivity contribution is 0.0697. The molecule has 1 heterocycles. The lowest BCUT2D eigenvalue weighted by Crippen LogP contribution is -2.14. The number of benzene rings is 1. The van der Waals surface area contributed by atoms with Crippen LogP contribution in [0.1, 0.15) is 35.3 Å². The van der Waals surface area contributed by atoms with E-state index in [1.165, 1.54) is 0 Å². The normalized spacial score (nSPS) is 11.8. The van der Waals surface area contributed by atoms with Gasteiger partial charge in [0.2, 0.25) is 0 Å². The quantitative estimate of drug-likeness (QED) is 0.861. The van der Waals surface area contributed by atoms with Crippen LogP contribution < -0.4 is 5.32 Å². The van der Waals surface area contributed by atoms with E-state index in [0.29, 0.717) is 5.82 Å². The van der Waals surface area contributed by atoms with Gasteiger partial charge in [0.1, 0.15) is 11.4 Å². The second-order valence-corrected chi connectivity index (χ2v) is 4.22. The van der Waals surface area contributed by atoms with Gasteiger partial charge >= 0.3 is 5.97 Å². The van der Waals surface area contributed by atoms with Crippen LogP contribution in [0.4, 0.5) is 5.82 Å². The molecule has 4 heteroatoms. The summed E-state index contributed by atoms with van der Waals surface area (Å²) >= 11 is 0. The Kier molecular flexibility index (Phi) is 4.13. The van der Waals surface area contributed by atoms with Crippen molar-refractivity contribution in [1.29, 1.82) is 0 Å². The van der Waals surface area contributed by atoms with Crippen LogP contribution in [-0.4, -0.2) is 16.1 Å². The molecule has 0 saturated carbocycles. The average molecular weight is 256 g/mol. The molecule has 1 atom stereocenters. The molecule has 2 aromatic rings. The average Bonchev–Trinajstić information content (AvgIpc) is 2.46. The van der Waals surface area contributed by atoms with Crippen molar-refractivity contribution in [2.75, 3.05) is 5.32 Å². The maximum Gasteiger partial charge on any atom is 0.339 e. The number of aromatic carboxylic acids is 1. The molecule has 0 saturated heterocycles. The van der Waals surface area contributed by atoms with Crippen molar-refractivity contribution in [2.45, 2.75) is 19.4 Å². The zero-order valence-corrected chi connectivity index (χ0v) is 10.7. The van der Waals surface area contributed by atoms with Crippen molar-refractivity contribution in [3.05, 3.63) is 59.8 Å². The summed E-state index contributed by atoms with van der Waals surface area (Å²) in [6.07, 6.45) is 2.44. The van der Waals surface area contributed by atoms with Gasteiger partial charge in [0.25, 0.3) is 0 Å². The standard InChI is InChI=1S/C15H16N2O2/c1-2-13(11-7-4-3-5-8-11)17-14-12(15(18)19)9-6-10-16-14/h3-10,13H,2H2,1H3,(H,16,17)(H,18,19). The van der Waals surface area contributed by atoms with E-state index >= 15 is 0 Å². The van der Waals surface area contributed by atoms with Crippen LogP contribution in [0.5, 0.6) is 0 Å². The molecule has 2 N–H and O–H groups in total. The van der Waals surface area contributed by atoms with Crippen molar-refractivity contribution < 1.29 is 9.90 Å². The van der Waals surface area contributed by atoms with Crippen molar-refractivity contribution in [3.8, 4) is 0 Å². The van der Waals surface area contributed by atoms with Gasteiger partial charge < -0.3 is 10.4 Å². The Morgan fingerprint density at radius 2 is 2.00 bits per heavy atom. The summed E-state index contributed by atoms with van der Waals surface area (Å²) in [4.78, 5) is 15.3. The molecule has 1 aromatic carbocycles. The molecule has 0 aliphatic rings. The molecule has 0 amide bonds. The highest BCUT2D eigenvalue weighted by Gasteiger charge is 2.15. The summed E-state index contributed by atoms with van der Waals surface area (Å²) in [7, 11) is 0. The van der Waals surface area contributed by atoms with E-state index in [0.717, 1.165) is 12.0 Å². The number of carboxylic acids is 1. The highest BCUT2D eigenvalue weighted by molar-refractivity contribution is 5.93. The number of hydrogen-bond donors (Lipinski definition) is 2. The number of nitrogens with one attached hydrogen (secondary N) is 1. The fourth-order valence-electron chi connectivity index (χ4n) is 1.96. The lowest BCUT2D eigenvalue weighted by atomic mass is 10.0. The van der Waals surface area contributed by atoms with E-state index in [9.17, 15) is 4.79 Å². The van der Waals surface area contributed by atoms with Crippen LogP contribution in [0.3, 0.4) is 0 Å². The Labute approximate surface area is 112 Å². The molecule has 0 radical (unpaired) electrons. The molecule has 0 aliphatic carbocycles. The third-order valence-electron chi connectivity index (χ3n) is 2.96. The van der Waals surface area contributed by atoms with Crippen LogP contribution in [-0.2, 0) is 0 Å². The first-order valence-corrected chi connectivity index (χ1v) is 6.22. The van der Waals surface area contributed by atoms with Crippen LogP contribution in [0.25, 0.3) is 0 Å². The monoisotopic (exact) mass is 256 g/mol. The zero-order valence-electron chi connectivity index (χ0n) is 10.7. The molecule has 1 unspecified atom stereocenters. The number of rotatable bonds is 5. The van der Waals surface area contributed by atoms with Crippen molar-refractivity contribution in [3.63, 3.8) is 0 Å². The van der Waals surface area contributed by atoms with Crippen LogP contribution in [0.2, 0.25) is 0 Å². The predicted octanol–water partition coefficient (Wildman–Crippen LogP) is 3.34. The third-order valence-corrected chi connectivity index (χ3v) is 2.96. The fraction of sp³-hybridized carbons (Fsp3) is 0.200. The molecule has 1 aromatic heterocycles. The van der Waals surface area contributed by atoms with Gasteiger partial charge in [-0.25, -0.2) is 9.78 Å². The first-order valence-electron chi connectivity index (χ1n) is 6.22. The van der Waals surface area contributed by atoms with Crippen LogP contribution in [0.15, 0.2) is 48.7 Å². The van der Waals surface area contributed by atoms with Gasteiger partial charge in [0.05, 0.1) is 6.04 Å². The molecule has 98 valence electrons. The smallest absolute Gasteiger partial charge is 0.339 e. The number of carboxylic acid groups (broad SMARTS) is 1. The SMILES string of the molecule is CCC(Nc1ncccc1C(=O)O)c1ccccc1. The number of pyridine rings is 1. The maximum atomic E-state index is 11.1. The summed E-state index contributed by atoms with van der Waals surface area (Å²) < 4.78 is 0. The first kappa shape index (κ1) is 13.1. The van der Waals surface area contributed by atoms with Gasteiger partial charge in [0, 0.05) is 6.20 Å². The Hall–Kier alpha value is -2.36. The summed E-state index contributed by atoms with van der Waals surface area (Å²) in [5, 5.41) is 12.3. The molecular formula is C15H16N2O2. The Balaban J connectivity index is 2.27. The minimum Gasteiger partial charge on any atom is -0.478 e. The molecule has 4 nitrogen and oxygen atoms in total. The molecule has 0 aliphatic heterocycles. The highest BCUT2D eigenvalue weighted by Crippen LogP contribution is 2.23. The molecule has 0 fully saturated rings. The number of anilines is 1. The summed E-state index contributed by atoms with van der Waals surface area (Å²) in [6.45, 7) is 2.05. The molecule has 2 rings (SSSR count).